The molecule has 0 fully saturated rings. The Hall–Kier alpha value is -2.06. The van der Waals surface area contributed by atoms with Crippen molar-refractivity contribution >= 4 is 10.9 Å². The van der Waals surface area contributed by atoms with Crippen LogP contribution in [0.2, 0.25) is 0 Å². The van der Waals surface area contributed by atoms with Gasteiger partial charge in [-0.3, -0.25) is 0 Å². The molecule has 0 saturated heterocycles. The summed E-state index contributed by atoms with van der Waals surface area (Å²) in [6.45, 7) is 3.05. The van der Waals surface area contributed by atoms with Crippen LogP contribution in [0.1, 0.15) is 16.7 Å². The molecule has 2 aromatic carbocycles. The van der Waals surface area contributed by atoms with Gasteiger partial charge in [0.25, 0.3) is 0 Å². The van der Waals surface area contributed by atoms with E-state index in [1.165, 1.54) is 16.6 Å². The summed E-state index contributed by atoms with van der Waals surface area (Å²) in [6.07, 6.45) is 2.09. The minimum Gasteiger partial charge on any atom is -0.392 e. The average Bonchev–Trinajstić information content (AvgIpc) is 2.84. The molecule has 1 N–H and O–H groups in total. The van der Waals surface area contributed by atoms with Crippen LogP contribution < -0.4 is 0 Å². The van der Waals surface area contributed by atoms with E-state index in [0.29, 0.717) is 0 Å². The molecule has 2 nitrogen and oxygen atoms in total. The maximum absolute atomic E-state index is 9.36. The number of hydrogen-bond acceptors (Lipinski definition) is 1. The second-order valence-corrected chi connectivity index (χ2v) is 4.94. The summed E-state index contributed by atoms with van der Waals surface area (Å²) in [4.78, 5) is 0. The Kier molecular flexibility index (Phi) is 3.10. The van der Waals surface area contributed by atoms with Crippen molar-refractivity contribution in [3.05, 3.63) is 71.4 Å². The Labute approximate surface area is 112 Å². The highest BCUT2D eigenvalue weighted by Gasteiger charge is 2.05. The predicted molar refractivity (Wildman–Crippen MR) is 78.1 cm³/mol. The molecule has 3 aromatic rings. The molecule has 0 aliphatic rings. The molecule has 19 heavy (non-hydrogen) atoms. The van der Waals surface area contributed by atoms with Crippen LogP contribution in [-0.2, 0) is 13.2 Å². The Morgan fingerprint density at radius 2 is 1.79 bits per heavy atom. The standard InChI is InChI=1S/C17H17NO/c1-13-5-7-14(8-6-13)11-18-10-9-16-15(12-19)3-2-4-17(16)18/h2-10,19H,11-12H2,1H3. The van der Waals surface area contributed by atoms with Crippen molar-refractivity contribution in [3.8, 4) is 0 Å². The maximum atomic E-state index is 9.36. The first-order chi connectivity index (χ1) is 9.28. The van der Waals surface area contributed by atoms with Crippen molar-refractivity contribution in [3.63, 3.8) is 0 Å². The number of fused-ring (bicyclic) bond motifs is 1. The van der Waals surface area contributed by atoms with Crippen LogP contribution in [-0.4, -0.2) is 9.67 Å². The van der Waals surface area contributed by atoms with Crippen LogP contribution in [0.4, 0.5) is 0 Å². The van der Waals surface area contributed by atoms with Crippen molar-refractivity contribution in [2.75, 3.05) is 0 Å². The van der Waals surface area contributed by atoms with E-state index in [2.05, 4.69) is 54.1 Å². The van der Waals surface area contributed by atoms with Gasteiger partial charge >= 0.3 is 0 Å². The fourth-order valence-corrected chi connectivity index (χ4v) is 2.45. The topological polar surface area (TPSA) is 25.2 Å². The van der Waals surface area contributed by atoms with Crippen molar-refractivity contribution in [2.45, 2.75) is 20.1 Å². The van der Waals surface area contributed by atoms with Gasteiger partial charge in [-0.1, -0.05) is 42.0 Å². The second kappa shape index (κ2) is 4.90. The summed E-state index contributed by atoms with van der Waals surface area (Å²) in [5.41, 5.74) is 4.73. The highest BCUT2D eigenvalue weighted by molar-refractivity contribution is 5.83. The molecule has 0 amide bonds. The number of aliphatic hydroxyl groups is 1. The Balaban J connectivity index is 1.99. The van der Waals surface area contributed by atoms with Gasteiger partial charge in [-0.15, -0.1) is 0 Å². The largest absolute Gasteiger partial charge is 0.392 e. The molecule has 2 heteroatoms. The molecule has 0 radical (unpaired) electrons. The molecule has 0 aliphatic carbocycles. The zero-order chi connectivity index (χ0) is 13.2. The van der Waals surface area contributed by atoms with Crippen LogP contribution >= 0.6 is 0 Å². The molecule has 1 aromatic heterocycles. The molecule has 0 aliphatic heterocycles. The third kappa shape index (κ3) is 2.27. The lowest BCUT2D eigenvalue weighted by Crippen LogP contribution is -1.98. The fraction of sp³-hybridized carbons (Fsp3) is 0.176. The van der Waals surface area contributed by atoms with Gasteiger partial charge in [0.2, 0.25) is 0 Å². The molecular formula is C17H17NO. The molecule has 0 spiro atoms. The number of hydrogen-bond donors (Lipinski definition) is 1. The summed E-state index contributed by atoms with van der Waals surface area (Å²) in [5, 5.41) is 10.5. The summed E-state index contributed by atoms with van der Waals surface area (Å²) in [7, 11) is 0. The van der Waals surface area contributed by atoms with Crippen molar-refractivity contribution in [1.29, 1.82) is 0 Å². The molecule has 96 valence electrons. The van der Waals surface area contributed by atoms with Gasteiger partial charge < -0.3 is 9.67 Å². The SMILES string of the molecule is Cc1ccc(Cn2ccc3c(CO)cccc32)cc1. The van der Waals surface area contributed by atoms with Crippen molar-refractivity contribution < 1.29 is 5.11 Å². The zero-order valence-electron chi connectivity index (χ0n) is 11.0. The van der Waals surface area contributed by atoms with E-state index in [0.717, 1.165) is 17.5 Å². The number of nitrogens with zero attached hydrogens (tertiary/aromatic N) is 1. The quantitative estimate of drug-likeness (QED) is 0.757. The second-order valence-electron chi connectivity index (χ2n) is 4.94. The summed E-state index contributed by atoms with van der Waals surface area (Å²) in [5.74, 6) is 0. The van der Waals surface area contributed by atoms with E-state index in [1.807, 2.05) is 12.1 Å². The number of rotatable bonds is 3. The Bertz CT molecular complexity index is 695. The number of aliphatic hydroxyl groups excluding tert-OH is 1. The third-order valence-electron chi connectivity index (χ3n) is 3.55. The first-order valence-corrected chi connectivity index (χ1v) is 6.51. The van der Waals surface area contributed by atoms with Crippen LogP contribution in [0.15, 0.2) is 54.7 Å². The molecular weight excluding hydrogens is 234 g/mol. The molecule has 0 bridgehead atoms. The summed E-state index contributed by atoms with van der Waals surface area (Å²) < 4.78 is 2.22. The lowest BCUT2D eigenvalue weighted by Gasteiger charge is -2.07. The summed E-state index contributed by atoms with van der Waals surface area (Å²) in [6, 6.07) is 16.8. The molecule has 0 unspecified atom stereocenters. The van der Waals surface area contributed by atoms with E-state index in [1.54, 1.807) is 0 Å². The first-order valence-electron chi connectivity index (χ1n) is 6.51. The van der Waals surface area contributed by atoms with Crippen LogP contribution in [0.5, 0.6) is 0 Å². The molecule has 1 heterocycles. The lowest BCUT2D eigenvalue weighted by molar-refractivity contribution is 0.283. The highest BCUT2D eigenvalue weighted by atomic mass is 16.3. The minimum atomic E-state index is 0.0892. The molecule has 0 atom stereocenters. The van der Waals surface area contributed by atoms with Crippen molar-refractivity contribution in [2.24, 2.45) is 0 Å². The van der Waals surface area contributed by atoms with Crippen LogP contribution in [0.25, 0.3) is 10.9 Å². The van der Waals surface area contributed by atoms with Gasteiger partial charge in [-0.25, -0.2) is 0 Å². The van der Waals surface area contributed by atoms with Crippen molar-refractivity contribution in [1.82, 2.24) is 4.57 Å². The Morgan fingerprint density at radius 3 is 2.53 bits per heavy atom. The van der Waals surface area contributed by atoms with E-state index in [4.69, 9.17) is 0 Å². The number of benzene rings is 2. The van der Waals surface area contributed by atoms with E-state index in [9.17, 15) is 5.11 Å². The predicted octanol–water partition coefficient (Wildman–Crippen LogP) is 3.49. The first kappa shape index (κ1) is 12.0. The van der Waals surface area contributed by atoms with Gasteiger partial charge in [0.15, 0.2) is 0 Å². The van der Waals surface area contributed by atoms with E-state index < -0.39 is 0 Å². The average molecular weight is 251 g/mol. The Morgan fingerprint density at radius 1 is 1.00 bits per heavy atom. The van der Waals surface area contributed by atoms with Gasteiger partial charge in [-0.05, 0) is 30.2 Å². The molecule has 0 saturated carbocycles. The number of aromatic nitrogens is 1. The normalized spacial score (nSPS) is 11.1. The monoisotopic (exact) mass is 251 g/mol. The molecule has 3 rings (SSSR count). The van der Waals surface area contributed by atoms with Gasteiger partial charge in [0.05, 0.1) is 6.61 Å². The maximum Gasteiger partial charge on any atom is 0.0688 e. The minimum absolute atomic E-state index is 0.0892. The third-order valence-corrected chi connectivity index (χ3v) is 3.55. The smallest absolute Gasteiger partial charge is 0.0688 e. The van der Waals surface area contributed by atoms with Gasteiger partial charge in [0, 0.05) is 23.6 Å². The van der Waals surface area contributed by atoms with E-state index in [-0.39, 0.29) is 6.61 Å². The van der Waals surface area contributed by atoms with Gasteiger partial charge in [-0.2, -0.15) is 0 Å². The van der Waals surface area contributed by atoms with Crippen LogP contribution in [0, 0.1) is 6.92 Å². The highest BCUT2D eigenvalue weighted by Crippen LogP contribution is 2.21. The van der Waals surface area contributed by atoms with E-state index >= 15 is 0 Å². The lowest BCUT2D eigenvalue weighted by atomic mass is 10.1. The summed E-state index contributed by atoms with van der Waals surface area (Å²) >= 11 is 0. The number of aryl methyl sites for hydroxylation is 1. The van der Waals surface area contributed by atoms with Crippen LogP contribution in [0.3, 0.4) is 0 Å². The zero-order valence-corrected chi connectivity index (χ0v) is 11.0. The fourth-order valence-electron chi connectivity index (χ4n) is 2.45. The van der Waals surface area contributed by atoms with Gasteiger partial charge in [0.1, 0.15) is 0 Å².